The Balaban J connectivity index is 2.17. The van der Waals surface area contributed by atoms with Gasteiger partial charge in [-0.3, -0.25) is 4.90 Å². The van der Waals surface area contributed by atoms with Gasteiger partial charge in [-0.25, -0.2) is 8.78 Å². The van der Waals surface area contributed by atoms with Crippen LogP contribution in [0.1, 0.15) is 38.3 Å². The lowest BCUT2D eigenvalue weighted by molar-refractivity contribution is 0.0832. The summed E-state index contributed by atoms with van der Waals surface area (Å²) in [7, 11) is 0. The zero-order chi connectivity index (χ0) is 14.0. The molecule has 1 fully saturated rings. The van der Waals surface area contributed by atoms with Gasteiger partial charge in [-0.05, 0) is 49.9 Å². The summed E-state index contributed by atoms with van der Waals surface area (Å²) in [5, 5.41) is 0. The number of rotatable bonds is 3. The molecule has 1 aliphatic heterocycles. The Morgan fingerprint density at radius 3 is 2.74 bits per heavy atom. The molecule has 0 aliphatic carbocycles. The van der Waals surface area contributed by atoms with Crippen LogP contribution in [0.15, 0.2) is 18.2 Å². The minimum Gasteiger partial charge on any atom is -0.329 e. The minimum absolute atomic E-state index is 0.0659. The zero-order valence-electron chi connectivity index (χ0n) is 11.6. The largest absolute Gasteiger partial charge is 0.329 e. The van der Waals surface area contributed by atoms with Crippen LogP contribution in [-0.2, 0) is 0 Å². The molecule has 1 heterocycles. The summed E-state index contributed by atoms with van der Waals surface area (Å²) in [5.41, 5.74) is 6.66. The van der Waals surface area contributed by atoms with Crippen LogP contribution in [0.4, 0.5) is 8.78 Å². The van der Waals surface area contributed by atoms with Crippen LogP contribution in [0, 0.1) is 17.6 Å². The normalized spacial score (nSPS) is 26.4. The predicted molar refractivity (Wildman–Crippen MR) is 72.7 cm³/mol. The molecule has 1 aliphatic rings. The Kier molecular flexibility index (Phi) is 4.53. The molecule has 0 radical (unpaired) electrons. The van der Waals surface area contributed by atoms with E-state index in [1.54, 1.807) is 6.07 Å². The van der Waals surface area contributed by atoms with Crippen LogP contribution in [0.5, 0.6) is 0 Å². The van der Waals surface area contributed by atoms with E-state index in [0.717, 1.165) is 24.9 Å². The van der Waals surface area contributed by atoms with Gasteiger partial charge in [-0.2, -0.15) is 0 Å². The van der Waals surface area contributed by atoms with Crippen LogP contribution < -0.4 is 5.73 Å². The monoisotopic (exact) mass is 268 g/mol. The molecule has 1 saturated heterocycles. The van der Waals surface area contributed by atoms with Gasteiger partial charge in [-0.15, -0.1) is 0 Å². The van der Waals surface area contributed by atoms with Gasteiger partial charge in [0, 0.05) is 18.6 Å². The van der Waals surface area contributed by atoms with Gasteiger partial charge in [0.25, 0.3) is 0 Å². The second-order valence-corrected chi connectivity index (χ2v) is 5.61. The minimum atomic E-state index is -0.793. The van der Waals surface area contributed by atoms with E-state index in [2.05, 4.69) is 11.8 Å². The third kappa shape index (κ3) is 3.12. The molecule has 2 N–H and O–H groups in total. The molecule has 0 bridgehead atoms. The van der Waals surface area contributed by atoms with E-state index in [9.17, 15) is 8.78 Å². The fourth-order valence-electron chi connectivity index (χ4n) is 2.97. The number of nitrogens with two attached hydrogens (primary N) is 1. The average Bonchev–Trinajstić information content (AvgIpc) is 2.41. The van der Waals surface area contributed by atoms with Gasteiger partial charge in [-0.1, -0.05) is 13.0 Å². The van der Waals surface area contributed by atoms with Crippen molar-refractivity contribution in [3.63, 3.8) is 0 Å². The first-order valence-corrected chi connectivity index (χ1v) is 6.93. The standard InChI is InChI=1S/C15H22F2N2/c1-10-5-6-19(13(7-10)9-18)11(2)12-3-4-14(16)15(17)8-12/h3-4,8,10-11,13H,5-7,9,18H2,1-2H3. The number of hydrogen-bond donors (Lipinski definition) is 1. The van der Waals surface area contributed by atoms with E-state index in [1.165, 1.54) is 12.1 Å². The number of likely N-dealkylation sites (tertiary alicyclic amines) is 1. The Bertz CT molecular complexity index is 436. The van der Waals surface area contributed by atoms with Gasteiger partial charge < -0.3 is 5.73 Å². The van der Waals surface area contributed by atoms with Crippen molar-refractivity contribution in [2.24, 2.45) is 11.7 Å². The lowest BCUT2D eigenvalue weighted by atomic mass is 9.90. The van der Waals surface area contributed by atoms with Crippen molar-refractivity contribution in [3.8, 4) is 0 Å². The maximum atomic E-state index is 13.3. The van der Waals surface area contributed by atoms with Gasteiger partial charge in [0.15, 0.2) is 11.6 Å². The summed E-state index contributed by atoms with van der Waals surface area (Å²) in [4.78, 5) is 2.31. The summed E-state index contributed by atoms with van der Waals surface area (Å²) < 4.78 is 26.3. The van der Waals surface area contributed by atoms with Gasteiger partial charge in [0.1, 0.15) is 0 Å². The average molecular weight is 268 g/mol. The molecular formula is C15H22F2N2. The highest BCUT2D eigenvalue weighted by molar-refractivity contribution is 5.21. The quantitative estimate of drug-likeness (QED) is 0.912. The molecule has 0 aromatic heterocycles. The summed E-state index contributed by atoms with van der Waals surface area (Å²) in [5.74, 6) is -0.889. The first kappa shape index (κ1) is 14.4. The fraction of sp³-hybridized carbons (Fsp3) is 0.600. The van der Waals surface area contributed by atoms with Crippen LogP contribution in [0.25, 0.3) is 0 Å². The Morgan fingerprint density at radius 1 is 1.37 bits per heavy atom. The van der Waals surface area contributed by atoms with Gasteiger partial charge in [0.2, 0.25) is 0 Å². The van der Waals surface area contributed by atoms with Crippen molar-refractivity contribution in [2.75, 3.05) is 13.1 Å². The molecule has 106 valence electrons. The molecule has 1 aromatic carbocycles. The number of hydrogen-bond acceptors (Lipinski definition) is 2. The van der Waals surface area contributed by atoms with E-state index in [1.807, 2.05) is 6.92 Å². The fourth-order valence-corrected chi connectivity index (χ4v) is 2.97. The topological polar surface area (TPSA) is 29.3 Å². The van der Waals surface area contributed by atoms with Crippen LogP contribution in [0.2, 0.25) is 0 Å². The highest BCUT2D eigenvalue weighted by atomic mass is 19.2. The van der Waals surface area contributed by atoms with Gasteiger partial charge >= 0.3 is 0 Å². The van der Waals surface area contributed by atoms with Crippen molar-refractivity contribution in [3.05, 3.63) is 35.4 Å². The first-order valence-electron chi connectivity index (χ1n) is 6.93. The second kappa shape index (κ2) is 5.97. The number of nitrogens with zero attached hydrogens (tertiary/aromatic N) is 1. The summed E-state index contributed by atoms with van der Waals surface area (Å²) in [6.45, 7) is 5.84. The van der Waals surface area contributed by atoms with E-state index in [0.29, 0.717) is 18.5 Å². The second-order valence-electron chi connectivity index (χ2n) is 5.61. The third-order valence-corrected chi connectivity index (χ3v) is 4.22. The van der Waals surface area contributed by atoms with E-state index in [-0.39, 0.29) is 6.04 Å². The SMILES string of the molecule is CC1CCN(C(C)c2ccc(F)c(F)c2)C(CN)C1. The molecule has 2 rings (SSSR count). The maximum Gasteiger partial charge on any atom is 0.159 e. The lowest BCUT2D eigenvalue weighted by Crippen LogP contribution is -2.47. The van der Waals surface area contributed by atoms with Crippen molar-refractivity contribution >= 4 is 0 Å². The molecular weight excluding hydrogens is 246 g/mol. The first-order chi connectivity index (χ1) is 9.02. The number of halogens is 2. The molecule has 19 heavy (non-hydrogen) atoms. The predicted octanol–water partition coefficient (Wildman–Crippen LogP) is 3.09. The van der Waals surface area contributed by atoms with E-state index < -0.39 is 11.6 Å². The molecule has 0 saturated carbocycles. The summed E-state index contributed by atoms with van der Waals surface area (Å²) in [6.07, 6.45) is 2.20. The van der Waals surface area contributed by atoms with Crippen molar-refractivity contribution in [2.45, 2.75) is 38.8 Å². The highest BCUT2D eigenvalue weighted by Crippen LogP contribution is 2.30. The van der Waals surface area contributed by atoms with Crippen LogP contribution in [0.3, 0.4) is 0 Å². The maximum absolute atomic E-state index is 13.3. The lowest BCUT2D eigenvalue weighted by Gasteiger charge is -2.41. The molecule has 2 nitrogen and oxygen atoms in total. The van der Waals surface area contributed by atoms with Crippen molar-refractivity contribution in [1.29, 1.82) is 0 Å². The van der Waals surface area contributed by atoms with E-state index >= 15 is 0 Å². The smallest absolute Gasteiger partial charge is 0.159 e. The molecule has 1 aromatic rings. The Hall–Kier alpha value is -1.00. The molecule has 0 amide bonds. The van der Waals surface area contributed by atoms with Gasteiger partial charge in [0.05, 0.1) is 0 Å². The van der Waals surface area contributed by atoms with Crippen molar-refractivity contribution in [1.82, 2.24) is 4.90 Å². The molecule has 4 heteroatoms. The number of piperidine rings is 1. The Morgan fingerprint density at radius 2 is 2.11 bits per heavy atom. The summed E-state index contributed by atoms with van der Waals surface area (Å²) >= 11 is 0. The molecule has 3 atom stereocenters. The van der Waals surface area contributed by atoms with Crippen LogP contribution in [-0.4, -0.2) is 24.0 Å². The number of benzene rings is 1. The Labute approximate surface area is 113 Å². The summed E-state index contributed by atoms with van der Waals surface area (Å²) in [6, 6.07) is 4.55. The molecule has 3 unspecified atom stereocenters. The highest BCUT2D eigenvalue weighted by Gasteiger charge is 2.29. The van der Waals surface area contributed by atoms with Crippen molar-refractivity contribution < 1.29 is 8.78 Å². The van der Waals surface area contributed by atoms with Crippen LogP contribution >= 0.6 is 0 Å². The van der Waals surface area contributed by atoms with E-state index in [4.69, 9.17) is 5.73 Å². The molecule has 0 spiro atoms. The zero-order valence-corrected chi connectivity index (χ0v) is 11.6. The third-order valence-electron chi connectivity index (χ3n) is 4.22.